The van der Waals surface area contributed by atoms with Gasteiger partial charge in [-0.3, -0.25) is 4.79 Å². The highest BCUT2D eigenvalue weighted by atomic mass is 32.1. The van der Waals surface area contributed by atoms with Gasteiger partial charge in [0.1, 0.15) is 11.5 Å². The molecule has 0 aliphatic heterocycles. The third kappa shape index (κ3) is 3.60. The normalized spacial score (nSPS) is 9.94. The summed E-state index contributed by atoms with van der Waals surface area (Å²) in [6.45, 7) is 0.364. The van der Waals surface area contributed by atoms with E-state index >= 15 is 0 Å². The predicted molar refractivity (Wildman–Crippen MR) is 68.1 cm³/mol. The van der Waals surface area contributed by atoms with Gasteiger partial charge in [0.05, 0.1) is 10.6 Å². The lowest BCUT2D eigenvalue weighted by atomic mass is 10.1. The van der Waals surface area contributed by atoms with E-state index in [-0.39, 0.29) is 17.1 Å². The quantitative estimate of drug-likeness (QED) is 0.547. The number of nitrogens with zero attached hydrogens (tertiary/aromatic N) is 1. The van der Waals surface area contributed by atoms with Gasteiger partial charge in [0.15, 0.2) is 0 Å². The molecule has 1 aromatic carbocycles. The molecule has 0 radical (unpaired) electrons. The lowest BCUT2D eigenvalue weighted by molar-refractivity contribution is 0.0795. The molecule has 6 heteroatoms. The van der Waals surface area contributed by atoms with Crippen LogP contribution in [0.3, 0.4) is 0 Å². The second-order valence-electron chi connectivity index (χ2n) is 3.64. The first-order valence-corrected chi connectivity index (χ1v) is 5.38. The van der Waals surface area contributed by atoms with Gasteiger partial charge in [-0.25, -0.2) is 0 Å². The van der Waals surface area contributed by atoms with Crippen molar-refractivity contribution in [2.24, 2.45) is 5.73 Å². The van der Waals surface area contributed by atoms with Crippen LogP contribution in [0.2, 0.25) is 0 Å². The van der Waals surface area contributed by atoms with Gasteiger partial charge in [-0.15, -0.1) is 0 Å². The molecule has 0 unspecified atom stereocenters. The number of carbonyl (C=O) groups excluding carboxylic acids is 1. The zero-order valence-electron chi connectivity index (χ0n) is 9.38. The fraction of sp³-hybridized carbons (Fsp3) is 0.273. The zero-order valence-corrected chi connectivity index (χ0v) is 10.2. The molecule has 1 aromatic rings. The number of thiocarbonyl (C=S) groups is 1. The van der Waals surface area contributed by atoms with Gasteiger partial charge < -0.3 is 20.8 Å². The van der Waals surface area contributed by atoms with Crippen molar-refractivity contribution in [3.63, 3.8) is 0 Å². The summed E-state index contributed by atoms with van der Waals surface area (Å²) in [6.07, 6.45) is 0.414. The van der Waals surface area contributed by atoms with E-state index < -0.39 is 5.91 Å². The van der Waals surface area contributed by atoms with Crippen molar-refractivity contribution in [1.29, 1.82) is 0 Å². The third-order valence-electron chi connectivity index (χ3n) is 2.25. The first kappa shape index (κ1) is 13.2. The highest BCUT2D eigenvalue weighted by molar-refractivity contribution is 7.80. The van der Waals surface area contributed by atoms with Crippen LogP contribution in [0.1, 0.15) is 16.8 Å². The number of hydrogen-bond donors (Lipinski definition) is 3. The van der Waals surface area contributed by atoms with Crippen LogP contribution in [0.5, 0.6) is 11.5 Å². The molecule has 0 atom stereocenters. The number of aromatic hydroxyl groups is 2. The van der Waals surface area contributed by atoms with Gasteiger partial charge in [-0.05, 0) is 18.2 Å². The van der Waals surface area contributed by atoms with E-state index in [2.05, 4.69) is 0 Å². The van der Waals surface area contributed by atoms with E-state index in [9.17, 15) is 15.0 Å². The molecular weight excluding hydrogens is 240 g/mol. The molecule has 0 saturated carbocycles. The van der Waals surface area contributed by atoms with Crippen LogP contribution in [0.25, 0.3) is 0 Å². The standard InChI is InChI=1S/C11H14N2O3S/c1-13(5-4-10(12)17)11(16)8-6-7(14)2-3-9(8)15/h2-3,6,14-15H,4-5H2,1H3,(H2,12,17). The predicted octanol–water partition coefficient (Wildman–Crippen LogP) is 0.846. The SMILES string of the molecule is CN(CCC(N)=S)C(=O)c1cc(O)ccc1O. The molecule has 0 aliphatic rings. The van der Waals surface area contributed by atoms with Crippen molar-refractivity contribution in [3.05, 3.63) is 23.8 Å². The molecule has 0 aromatic heterocycles. The average molecular weight is 254 g/mol. The number of benzene rings is 1. The Hall–Kier alpha value is -1.82. The second kappa shape index (κ2) is 5.49. The highest BCUT2D eigenvalue weighted by Crippen LogP contribution is 2.23. The summed E-state index contributed by atoms with van der Waals surface area (Å²) in [6, 6.07) is 3.79. The van der Waals surface area contributed by atoms with Crippen LogP contribution in [-0.4, -0.2) is 39.6 Å². The lowest BCUT2D eigenvalue weighted by Gasteiger charge is -2.17. The molecule has 0 aliphatic carbocycles. The molecule has 1 rings (SSSR count). The molecule has 5 nitrogen and oxygen atoms in total. The van der Waals surface area contributed by atoms with E-state index in [0.717, 1.165) is 0 Å². The Morgan fingerprint density at radius 1 is 1.47 bits per heavy atom. The van der Waals surface area contributed by atoms with Gasteiger partial charge >= 0.3 is 0 Å². The van der Waals surface area contributed by atoms with Crippen LogP contribution < -0.4 is 5.73 Å². The van der Waals surface area contributed by atoms with Crippen molar-refractivity contribution < 1.29 is 15.0 Å². The molecule has 0 saturated heterocycles. The van der Waals surface area contributed by atoms with Crippen molar-refractivity contribution in [2.75, 3.05) is 13.6 Å². The molecule has 0 fully saturated rings. The monoisotopic (exact) mass is 254 g/mol. The van der Waals surface area contributed by atoms with Crippen LogP contribution in [-0.2, 0) is 0 Å². The molecule has 0 bridgehead atoms. The number of carbonyl (C=O) groups is 1. The maximum Gasteiger partial charge on any atom is 0.257 e. The number of phenolic OH excluding ortho intramolecular Hbond substituents is 2. The van der Waals surface area contributed by atoms with Gasteiger partial charge in [0.2, 0.25) is 0 Å². The summed E-state index contributed by atoms with van der Waals surface area (Å²) in [4.78, 5) is 13.6. The minimum atomic E-state index is -0.394. The smallest absolute Gasteiger partial charge is 0.257 e. The Balaban J connectivity index is 2.81. The van der Waals surface area contributed by atoms with Gasteiger partial charge in [0, 0.05) is 20.0 Å². The summed E-state index contributed by atoms with van der Waals surface area (Å²) in [5.41, 5.74) is 5.39. The van der Waals surface area contributed by atoms with Crippen LogP contribution in [0.15, 0.2) is 18.2 Å². The fourth-order valence-electron chi connectivity index (χ4n) is 1.28. The summed E-state index contributed by atoms with van der Waals surface area (Å²) >= 11 is 4.71. The third-order valence-corrected chi connectivity index (χ3v) is 2.45. The van der Waals surface area contributed by atoms with Crippen molar-refractivity contribution in [3.8, 4) is 11.5 Å². The lowest BCUT2D eigenvalue weighted by Crippen LogP contribution is -2.30. The Labute approximate surface area is 104 Å². The molecule has 0 heterocycles. The Morgan fingerprint density at radius 3 is 2.71 bits per heavy atom. The van der Waals surface area contributed by atoms with E-state index in [1.165, 1.54) is 23.1 Å². The first-order chi connectivity index (χ1) is 7.91. The number of rotatable bonds is 4. The molecular formula is C11H14N2O3S. The molecule has 92 valence electrons. The number of hydrogen-bond acceptors (Lipinski definition) is 4. The van der Waals surface area contributed by atoms with Gasteiger partial charge in [0.25, 0.3) is 5.91 Å². The maximum absolute atomic E-state index is 11.9. The summed E-state index contributed by atoms with van der Waals surface area (Å²) in [7, 11) is 1.57. The minimum Gasteiger partial charge on any atom is -0.508 e. The summed E-state index contributed by atoms with van der Waals surface area (Å²) in [5.74, 6) is -0.640. The molecule has 0 spiro atoms. The molecule has 17 heavy (non-hydrogen) atoms. The molecule has 1 amide bonds. The number of amides is 1. The number of phenols is 2. The molecule has 4 N–H and O–H groups in total. The van der Waals surface area contributed by atoms with E-state index in [4.69, 9.17) is 18.0 Å². The number of nitrogens with two attached hydrogens (primary N) is 1. The van der Waals surface area contributed by atoms with Crippen molar-refractivity contribution in [1.82, 2.24) is 4.90 Å². The average Bonchev–Trinajstić information content (AvgIpc) is 2.28. The van der Waals surface area contributed by atoms with Gasteiger partial charge in [-0.2, -0.15) is 0 Å². The Morgan fingerprint density at radius 2 is 2.12 bits per heavy atom. The zero-order chi connectivity index (χ0) is 13.0. The highest BCUT2D eigenvalue weighted by Gasteiger charge is 2.16. The second-order valence-corrected chi connectivity index (χ2v) is 4.17. The summed E-state index contributed by atoms with van der Waals surface area (Å²) < 4.78 is 0. The van der Waals surface area contributed by atoms with E-state index in [0.29, 0.717) is 18.0 Å². The van der Waals surface area contributed by atoms with Crippen LogP contribution >= 0.6 is 12.2 Å². The first-order valence-electron chi connectivity index (χ1n) is 4.97. The fourth-order valence-corrected chi connectivity index (χ4v) is 1.37. The maximum atomic E-state index is 11.9. The van der Waals surface area contributed by atoms with Crippen LogP contribution in [0, 0.1) is 0 Å². The van der Waals surface area contributed by atoms with E-state index in [1.54, 1.807) is 7.05 Å². The largest absolute Gasteiger partial charge is 0.508 e. The topological polar surface area (TPSA) is 86.8 Å². The van der Waals surface area contributed by atoms with Gasteiger partial charge in [-0.1, -0.05) is 12.2 Å². The Kier molecular flexibility index (Phi) is 4.28. The van der Waals surface area contributed by atoms with Crippen molar-refractivity contribution >= 4 is 23.1 Å². The van der Waals surface area contributed by atoms with E-state index in [1.807, 2.05) is 0 Å². The van der Waals surface area contributed by atoms with Crippen LogP contribution in [0.4, 0.5) is 0 Å². The minimum absolute atomic E-state index is 0.0513. The Bertz CT molecular complexity index is 448. The van der Waals surface area contributed by atoms with Crippen molar-refractivity contribution in [2.45, 2.75) is 6.42 Å². The summed E-state index contributed by atoms with van der Waals surface area (Å²) in [5, 5.41) is 18.8.